The minimum absolute atomic E-state index is 0.140. The van der Waals surface area contributed by atoms with Gasteiger partial charge in [-0.1, -0.05) is 0 Å². The predicted molar refractivity (Wildman–Crippen MR) is 65.9 cm³/mol. The van der Waals surface area contributed by atoms with Crippen molar-refractivity contribution in [1.82, 2.24) is 15.3 Å². The molecular formula is C12H17F3N4. The van der Waals surface area contributed by atoms with Crippen LogP contribution in [-0.4, -0.2) is 36.1 Å². The van der Waals surface area contributed by atoms with Gasteiger partial charge in [0.1, 0.15) is 5.69 Å². The number of rotatable bonds is 2. The average Bonchev–Trinajstić information content (AvgIpc) is 2.66. The molecular weight excluding hydrogens is 257 g/mol. The van der Waals surface area contributed by atoms with Gasteiger partial charge < -0.3 is 10.2 Å². The predicted octanol–water partition coefficient (Wildman–Crippen LogP) is 2.07. The lowest BCUT2D eigenvalue weighted by Gasteiger charge is -2.27. The van der Waals surface area contributed by atoms with E-state index in [1.165, 1.54) is 0 Å². The Kier molecular flexibility index (Phi) is 4.24. The lowest BCUT2D eigenvalue weighted by Crippen LogP contribution is -2.34. The summed E-state index contributed by atoms with van der Waals surface area (Å²) in [5, 5.41) is 3.27. The van der Waals surface area contributed by atoms with Crippen molar-refractivity contribution in [3.8, 4) is 0 Å². The standard InChI is InChI=1S/C12H17F3N4/c1-19(9-3-2-6-16-7-4-9)11-17-8-5-10(18-11)12(13,14)15/h5,8-9,16H,2-4,6-7H2,1H3. The molecule has 19 heavy (non-hydrogen) atoms. The minimum Gasteiger partial charge on any atom is -0.341 e. The Morgan fingerprint density at radius 2 is 2.11 bits per heavy atom. The van der Waals surface area contributed by atoms with Crippen LogP contribution < -0.4 is 10.2 Å². The molecule has 1 aromatic heterocycles. The SMILES string of the molecule is CN(c1nccc(C(F)(F)F)n1)C1CCCNCC1. The molecule has 1 saturated heterocycles. The van der Waals surface area contributed by atoms with Crippen molar-refractivity contribution >= 4 is 5.95 Å². The molecule has 0 aliphatic carbocycles. The molecule has 0 aromatic carbocycles. The Morgan fingerprint density at radius 3 is 2.84 bits per heavy atom. The Morgan fingerprint density at radius 1 is 1.32 bits per heavy atom. The quantitative estimate of drug-likeness (QED) is 0.896. The molecule has 0 bridgehead atoms. The number of hydrogen-bond donors (Lipinski definition) is 1. The van der Waals surface area contributed by atoms with Gasteiger partial charge in [-0.25, -0.2) is 9.97 Å². The van der Waals surface area contributed by atoms with Crippen molar-refractivity contribution in [3.63, 3.8) is 0 Å². The van der Waals surface area contributed by atoms with Crippen LogP contribution in [0.5, 0.6) is 0 Å². The largest absolute Gasteiger partial charge is 0.433 e. The van der Waals surface area contributed by atoms with E-state index in [0.717, 1.165) is 44.6 Å². The first-order valence-corrected chi connectivity index (χ1v) is 6.32. The molecule has 2 heterocycles. The monoisotopic (exact) mass is 274 g/mol. The summed E-state index contributed by atoms with van der Waals surface area (Å²) < 4.78 is 37.9. The Labute approximate surface area is 110 Å². The average molecular weight is 274 g/mol. The van der Waals surface area contributed by atoms with Gasteiger partial charge in [0.15, 0.2) is 0 Å². The molecule has 1 aliphatic rings. The van der Waals surface area contributed by atoms with Gasteiger partial charge in [-0.15, -0.1) is 0 Å². The van der Waals surface area contributed by atoms with Crippen LogP contribution in [0.2, 0.25) is 0 Å². The third-order valence-electron chi connectivity index (χ3n) is 3.34. The first-order valence-electron chi connectivity index (χ1n) is 6.32. The van der Waals surface area contributed by atoms with Crippen LogP contribution >= 0.6 is 0 Å². The van der Waals surface area contributed by atoms with Crippen LogP contribution in [0.25, 0.3) is 0 Å². The maximum absolute atomic E-state index is 12.6. The third-order valence-corrected chi connectivity index (χ3v) is 3.34. The Balaban J connectivity index is 2.16. The zero-order valence-corrected chi connectivity index (χ0v) is 10.7. The Bertz CT molecular complexity index is 414. The van der Waals surface area contributed by atoms with E-state index < -0.39 is 11.9 Å². The van der Waals surface area contributed by atoms with Crippen LogP contribution in [0.15, 0.2) is 12.3 Å². The van der Waals surface area contributed by atoms with E-state index >= 15 is 0 Å². The highest BCUT2D eigenvalue weighted by Gasteiger charge is 2.33. The van der Waals surface area contributed by atoms with E-state index in [0.29, 0.717) is 0 Å². The van der Waals surface area contributed by atoms with Crippen molar-refractivity contribution in [2.75, 3.05) is 25.0 Å². The van der Waals surface area contributed by atoms with Gasteiger partial charge in [-0.2, -0.15) is 13.2 Å². The van der Waals surface area contributed by atoms with E-state index in [9.17, 15) is 13.2 Å². The summed E-state index contributed by atoms with van der Waals surface area (Å²) in [6, 6.07) is 1.07. The smallest absolute Gasteiger partial charge is 0.341 e. The van der Waals surface area contributed by atoms with E-state index in [2.05, 4.69) is 15.3 Å². The summed E-state index contributed by atoms with van der Waals surface area (Å²) >= 11 is 0. The molecule has 2 rings (SSSR count). The van der Waals surface area contributed by atoms with Gasteiger partial charge in [-0.3, -0.25) is 0 Å². The first-order chi connectivity index (χ1) is 8.98. The second-order valence-corrected chi connectivity index (χ2v) is 4.69. The molecule has 1 aromatic rings. The number of hydrogen-bond acceptors (Lipinski definition) is 4. The van der Waals surface area contributed by atoms with Crippen molar-refractivity contribution in [2.24, 2.45) is 0 Å². The maximum Gasteiger partial charge on any atom is 0.433 e. The number of halogens is 3. The van der Waals surface area contributed by atoms with Gasteiger partial charge in [0, 0.05) is 19.3 Å². The second-order valence-electron chi connectivity index (χ2n) is 4.69. The number of aromatic nitrogens is 2. The maximum atomic E-state index is 12.6. The summed E-state index contributed by atoms with van der Waals surface area (Å²) in [5.74, 6) is 0.140. The van der Waals surface area contributed by atoms with E-state index in [1.54, 1.807) is 11.9 Å². The van der Waals surface area contributed by atoms with Crippen LogP contribution in [0, 0.1) is 0 Å². The molecule has 1 N–H and O–H groups in total. The molecule has 106 valence electrons. The molecule has 1 atom stereocenters. The fourth-order valence-electron chi connectivity index (χ4n) is 2.23. The van der Waals surface area contributed by atoms with Crippen molar-refractivity contribution in [2.45, 2.75) is 31.5 Å². The molecule has 1 fully saturated rings. The van der Waals surface area contributed by atoms with Gasteiger partial charge in [0.05, 0.1) is 0 Å². The van der Waals surface area contributed by atoms with Gasteiger partial charge >= 0.3 is 6.18 Å². The van der Waals surface area contributed by atoms with Crippen LogP contribution in [-0.2, 0) is 6.18 Å². The molecule has 0 spiro atoms. The second kappa shape index (κ2) is 5.73. The molecule has 0 radical (unpaired) electrons. The molecule has 4 nitrogen and oxygen atoms in total. The molecule has 1 unspecified atom stereocenters. The topological polar surface area (TPSA) is 41.1 Å². The lowest BCUT2D eigenvalue weighted by atomic mass is 10.1. The van der Waals surface area contributed by atoms with Crippen LogP contribution in [0.3, 0.4) is 0 Å². The summed E-state index contributed by atoms with van der Waals surface area (Å²) in [4.78, 5) is 9.32. The van der Waals surface area contributed by atoms with Crippen molar-refractivity contribution < 1.29 is 13.2 Å². The fourth-order valence-corrected chi connectivity index (χ4v) is 2.23. The highest BCUT2D eigenvalue weighted by molar-refractivity contribution is 5.31. The highest BCUT2D eigenvalue weighted by Crippen LogP contribution is 2.28. The van der Waals surface area contributed by atoms with Crippen LogP contribution in [0.4, 0.5) is 19.1 Å². The van der Waals surface area contributed by atoms with E-state index in [4.69, 9.17) is 0 Å². The summed E-state index contributed by atoms with van der Waals surface area (Å²) in [7, 11) is 1.76. The highest BCUT2D eigenvalue weighted by atomic mass is 19.4. The number of nitrogens with zero attached hydrogens (tertiary/aromatic N) is 3. The van der Waals surface area contributed by atoms with Crippen molar-refractivity contribution in [3.05, 3.63) is 18.0 Å². The van der Waals surface area contributed by atoms with E-state index in [-0.39, 0.29) is 12.0 Å². The summed E-state index contributed by atoms with van der Waals surface area (Å²) in [6.45, 7) is 1.82. The first kappa shape index (κ1) is 14.0. The summed E-state index contributed by atoms with van der Waals surface area (Å²) in [6.07, 6.45) is -0.437. The zero-order valence-electron chi connectivity index (χ0n) is 10.7. The third kappa shape index (κ3) is 3.56. The molecule has 0 saturated carbocycles. The van der Waals surface area contributed by atoms with Gasteiger partial charge in [-0.05, 0) is 38.4 Å². The van der Waals surface area contributed by atoms with E-state index in [1.807, 2.05) is 0 Å². The lowest BCUT2D eigenvalue weighted by molar-refractivity contribution is -0.141. The van der Waals surface area contributed by atoms with Crippen LogP contribution in [0.1, 0.15) is 25.0 Å². The fraction of sp³-hybridized carbons (Fsp3) is 0.667. The Hall–Kier alpha value is -1.37. The molecule has 7 heteroatoms. The number of anilines is 1. The number of alkyl halides is 3. The molecule has 1 aliphatic heterocycles. The zero-order chi connectivity index (χ0) is 13.9. The minimum atomic E-state index is -4.43. The molecule has 0 amide bonds. The number of nitrogens with one attached hydrogen (secondary N) is 1. The van der Waals surface area contributed by atoms with Gasteiger partial charge in [0.25, 0.3) is 0 Å². The normalized spacial score (nSPS) is 20.9. The van der Waals surface area contributed by atoms with Crippen molar-refractivity contribution in [1.29, 1.82) is 0 Å². The van der Waals surface area contributed by atoms with Gasteiger partial charge in [0.2, 0.25) is 5.95 Å². The summed E-state index contributed by atoms with van der Waals surface area (Å²) in [5.41, 5.74) is -0.893.